The number of nitriles is 2. The van der Waals surface area contributed by atoms with E-state index in [1.165, 1.54) is 0 Å². The average molecular weight is 233 g/mol. The van der Waals surface area contributed by atoms with Crippen LogP contribution >= 0.6 is 0 Å². The highest BCUT2D eigenvalue weighted by Crippen LogP contribution is 2.16. The summed E-state index contributed by atoms with van der Waals surface area (Å²) in [5, 5.41) is 17.6. The van der Waals surface area contributed by atoms with Gasteiger partial charge in [0, 0.05) is 5.69 Å². The van der Waals surface area contributed by atoms with Gasteiger partial charge in [-0.05, 0) is 47.9 Å². The maximum absolute atomic E-state index is 8.88. The molecule has 0 aliphatic carbocycles. The lowest BCUT2D eigenvalue weighted by Crippen LogP contribution is -1.93. The Hall–Kier alpha value is -2.78. The third-order valence-corrected chi connectivity index (χ3v) is 2.64. The topological polar surface area (TPSA) is 73.6 Å². The molecule has 2 rings (SSSR count). The van der Waals surface area contributed by atoms with Crippen LogP contribution in [0.2, 0.25) is 0 Å². The molecule has 0 aliphatic rings. The standard InChI is InChI=1S/C15H11N3/c16-9-12-3-1-11(2-4-12)5-13-6-14(10-17)8-15(18)7-13/h1-4,6-8H,5,18H2. The van der Waals surface area contributed by atoms with E-state index in [1.54, 1.807) is 18.2 Å². The van der Waals surface area contributed by atoms with Crippen molar-refractivity contribution in [3.05, 3.63) is 64.7 Å². The summed E-state index contributed by atoms with van der Waals surface area (Å²) in [4.78, 5) is 0. The van der Waals surface area contributed by atoms with Crippen molar-refractivity contribution in [2.24, 2.45) is 0 Å². The van der Waals surface area contributed by atoms with Crippen LogP contribution in [0.15, 0.2) is 42.5 Å². The summed E-state index contributed by atoms with van der Waals surface area (Å²) in [6.45, 7) is 0. The molecule has 0 unspecified atom stereocenters. The van der Waals surface area contributed by atoms with Gasteiger partial charge in [0.25, 0.3) is 0 Å². The molecule has 0 amide bonds. The van der Waals surface area contributed by atoms with Gasteiger partial charge < -0.3 is 5.73 Å². The number of nitrogens with zero attached hydrogens (tertiary/aromatic N) is 2. The number of anilines is 1. The van der Waals surface area contributed by atoms with Crippen molar-refractivity contribution in [2.45, 2.75) is 6.42 Å². The number of benzene rings is 2. The Balaban J connectivity index is 2.26. The van der Waals surface area contributed by atoms with Crippen molar-refractivity contribution in [2.75, 3.05) is 5.73 Å². The molecule has 2 aromatic carbocycles. The first-order valence-electron chi connectivity index (χ1n) is 5.50. The summed E-state index contributed by atoms with van der Waals surface area (Å²) >= 11 is 0. The SMILES string of the molecule is N#Cc1ccc(Cc2cc(N)cc(C#N)c2)cc1. The summed E-state index contributed by atoms with van der Waals surface area (Å²) in [6, 6.07) is 16.9. The summed E-state index contributed by atoms with van der Waals surface area (Å²) < 4.78 is 0. The second-order valence-electron chi connectivity index (χ2n) is 4.06. The lowest BCUT2D eigenvalue weighted by atomic mass is 10.0. The molecule has 0 saturated carbocycles. The molecule has 2 N–H and O–H groups in total. The first kappa shape index (κ1) is 11.7. The van der Waals surface area contributed by atoms with E-state index < -0.39 is 0 Å². The second-order valence-corrected chi connectivity index (χ2v) is 4.06. The maximum atomic E-state index is 8.88. The minimum Gasteiger partial charge on any atom is -0.399 e. The largest absolute Gasteiger partial charge is 0.399 e. The molecule has 0 fully saturated rings. The molecule has 18 heavy (non-hydrogen) atoms. The molecule has 0 atom stereocenters. The fourth-order valence-electron chi connectivity index (χ4n) is 1.82. The van der Waals surface area contributed by atoms with Crippen molar-refractivity contribution in [1.82, 2.24) is 0 Å². The van der Waals surface area contributed by atoms with Gasteiger partial charge in [0.2, 0.25) is 0 Å². The molecule has 86 valence electrons. The van der Waals surface area contributed by atoms with Gasteiger partial charge in [-0.15, -0.1) is 0 Å². The van der Waals surface area contributed by atoms with Gasteiger partial charge in [-0.2, -0.15) is 10.5 Å². The molecule has 3 heteroatoms. The predicted molar refractivity (Wildman–Crippen MR) is 69.5 cm³/mol. The van der Waals surface area contributed by atoms with Crippen LogP contribution in [0.1, 0.15) is 22.3 Å². The number of rotatable bonds is 2. The van der Waals surface area contributed by atoms with Gasteiger partial charge >= 0.3 is 0 Å². The summed E-state index contributed by atoms with van der Waals surface area (Å²) in [6.07, 6.45) is 0.700. The average Bonchev–Trinajstić information content (AvgIpc) is 2.39. The molecule has 0 heterocycles. The van der Waals surface area contributed by atoms with E-state index in [0.717, 1.165) is 11.1 Å². The number of nitrogen functional groups attached to an aromatic ring is 1. The van der Waals surface area contributed by atoms with E-state index in [2.05, 4.69) is 12.1 Å². The number of nitrogens with two attached hydrogens (primary N) is 1. The first-order chi connectivity index (χ1) is 8.71. The molecule has 0 saturated heterocycles. The molecule has 0 aliphatic heterocycles. The van der Waals surface area contributed by atoms with Crippen LogP contribution in [-0.4, -0.2) is 0 Å². The minimum absolute atomic E-state index is 0.568. The van der Waals surface area contributed by atoms with Gasteiger partial charge in [-0.3, -0.25) is 0 Å². The van der Waals surface area contributed by atoms with E-state index in [0.29, 0.717) is 23.2 Å². The molecule has 0 bridgehead atoms. The summed E-state index contributed by atoms with van der Waals surface area (Å²) in [7, 11) is 0. The molecule has 0 spiro atoms. The van der Waals surface area contributed by atoms with Gasteiger partial charge in [-0.1, -0.05) is 12.1 Å². The fourth-order valence-corrected chi connectivity index (χ4v) is 1.82. The Morgan fingerprint density at radius 3 is 2.11 bits per heavy atom. The van der Waals surface area contributed by atoms with Crippen LogP contribution in [0.3, 0.4) is 0 Å². The van der Waals surface area contributed by atoms with Crippen LogP contribution in [0.5, 0.6) is 0 Å². The normalized spacial score (nSPS) is 9.44. The zero-order chi connectivity index (χ0) is 13.0. The van der Waals surface area contributed by atoms with Crippen molar-refractivity contribution < 1.29 is 0 Å². The summed E-state index contributed by atoms with van der Waals surface area (Å²) in [5.74, 6) is 0. The van der Waals surface area contributed by atoms with E-state index >= 15 is 0 Å². The lowest BCUT2D eigenvalue weighted by molar-refractivity contribution is 1.19. The van der Waals surface area contributed by atoms with Crippen molar-refractivity contribution in [3.8, 4) is 12.1 Å². The van der Waals surface area contributed by atoms with Gasteiger partial charge in [0.15, 0.2) is 0 Å². The van der Waals surface area contributed by atoms with E-state index in [9.17, 15) is 0 Å². The fraction of sp³-hybridized carbons (Fsp3) is 0.0667. The van der Waals surface area contributed by atoms with E-state index in [4.69, 9.17) is 16.3 Å². The summed E-state index contributed by atoms with van der Waals surface area (Å²) in [5.41, 5.74) is 9.63. The molecule has 3 nitrogen and oxygen atoms in total. The van der Waals surface area contributed by atoms with Crippen LogP contribution in [0, 0.1) is 22.7 Å². The third-order valence-electron chi connectivity index (χ3n) is 2.64. The zero-order valence-corrected chi connectivity index (χ0v) is 9.72. The molecular formula is C15H11N3. The van der Waals surface area contributed by atoms with Gasteiger partial charge in [0.1, 0.15) is 0 Å². The quantitative estimate of drug-likeness (QED) is 0.810. The van der Waals surface area contributed by atoms with Gasteiger partial charge in [0.05, 0.1) is 23.3 Å². The predicted octanol–water partition coefficient (Wildman–Crippen LogP) is 2.60. The number of hydrogen-bond acceptors (Lipinski definition) is 3. The Morgan fingerprint density at radius 1 is 0.833 bits per heavy atom. The van der Waals surface area contributed by atoms with Crippen LogP contribution in [0.25, 0.3) is 0 Å². The first-order valence-corrected chi connectivity index (χ1v) is 5.50. The Morgan fingerprint density at radius 2 is 1.50 bits per heavy atom. The highest BCUT2D eigenvalue weighted by atomic mass is 14.5. The molecule has 2 aromatic rings. The molecule has 0 radical (unpaired) electrons. The monoisotopic (exact) mass is 233 g/mol. The maximum Gasteiger partial charge on any atom is 0.0992 e. The van der Waals surface area contributed by atoms with Crippen LogP contribution < -0.4 is 5.73 Å². The smallest absolute Gasteiger partial charge is 0.0992 e. The van der Waals surface area contributed by atoms with Crippen LogP contribution in [-0.2, 0) is 6.42 Å². The molecular weight excluding hydrogens is 222 g/mol. The van der Waals surface area contributed by atoms with Crippen molar-refractivity contribution in [3.63, 3.8) is 0 Å². The van der Waals surface area contributed by atoms with Gasteiger partial charge in [-0.25, -0.2) is 0 Å². The second kappa shape index (κ2) is 5.03. The Labute approximate surface area is 106 Å². The number of hydrogen-bond donors (Lipinski definition) is 1. The van der Waals surface area contributed by atoms with E-state index in [1.807, 2.05) is 24.3 Å². The van der Waals surface area contributed by atoms with Crippen molar-refractivity contribution in [1.29, 1.82) is 10.5 Å². The third kappa shape index (κ3) is 2.66. The Bertz CT molecular complexity index is 643. The Kier molecular flexibility index (Phi) is 3.27. The lowest BCUT2D eigenvalue weighted by Gasteiger charge is -2.04. The molecule has 0 aromatic heterocycles. The highest BCUT2D eigenvalue weighted by Gasteiger charge is 2.01. The van der Waals surface area contributed by atoms with Crippen LogP contribution in [0.4, 0.5) is 5.69 Å². The highest BCUT2D eigenvalue weighted by molar-refractivity contribution is 5.49. The van der Waals surface area contributed by atoms with Crippen molar-refractivity contribution >= 4 is 5.69 Å². The van der Waals surface area contributed by atoms with E-state index in [-0.39, 0.29) is 0 Å². The minimum atomic E-state index is 0.568. The zero-order valence-electron chi connectivity index (χ0n) is 9.72.